The smallest absolute Gasteiger partial charge is 0.250 e. The first-order valence-corrected chi connectivity index (χ1v) is 7.27. The summed E-state index contributed by atoms with van der Waals surface area (Å²) in [4.78, 5) is 23.3. The van der Waals surface area contributed by atoms with Gasteiger partial charge in [-0.05, 0) is 30.2 Å². The summed E-state index contributed by atoms with van der Waals surface area (Å²) in [6, 6.07) is 6.97. The van der Waals surface area contributed by atoms with Crippen LogP contribution in [0.1, 0.15) is 20.3 Å². The zero-order valence-corrected chi connectivity index (χ0v) is 13.3. The van der Waals surface area contributed by atoms with E-state index >= 15 is 0 Å². The Morgan fingerprint density at radius 1 is 1.00 bits per heavy atom. The summed E-state index contributed by atoms with van der Waals surface area (Å²) in [5, 5.41) is 5.53. The van der Waals surface area contributed by atoms with E-state index in [0.29, 0.717) is 36.9 Å². The van der Waals surface area contributed by atoms with Crippen LogP contribution in [0.4, 0.5) is 11.4 Å². The fourth-order valence-electron chi connectivity index (χ4n) is 1.72. The van der Waals surface area contributed by atoms with E-state index in [2.05, 4.69) is 10.6 Å². The Kier molecular flexibility index (Phi) is 8.17. The monoisotopic (exact) mass is 308 g/mol. The van der Waals surface area contributed by atoms with Gasteiger partial charge in [0.05, 0.1) is 13.2 Å². The highest BCUT2D eigenvalue weighted by atomic mass is 16.5. The highest BCUT2D eigenvalue weighted by Crippen LogP contribution is 2.14. The first-order chi connectivity index (χ1) is 10.5. The van der Waals surface area contributed by atoms with Crippen LogP contribution in [0.2, 0.25) is 0 Å². The zero-order valence-electron chi connectivity index (χ0n) is 13.3. The summed E-state index contributed by atoms with van der Waals surface area (Å²) in [5.74, 6) is 0.0719. The van der Waals surface area contributed by atoms with Gasteiger partial charge in [0.25, 0.3) is 0 Å². The molecule has 122 valence electrons. The zero-order chi connectivity index (χ0) is 16.4. The molecule has 0 fully saturated rings. The highest BCUT2D eigenvalue weighted by Gasteiger charge is 2.06. The third-order valence-electron chi connectivity index (χ3n) is 2.71. The summed E-state index contributed by atoms with van der Waals surface area (Å²) < 4.78 is 9.95. The van der Waals surface area contributed by atoms with E-state index in [0.717, 1.165) is 0 Å². The van der Waals surface area contributed by atoms with Gasteiger partial charge < -0.3 is 20.1 Å². The third kappa shape index (κ3) is 7.75. The highest BCUT2D eigenvalue weighted by molar-refractivity contribution is 5.93. The van der Waals surface area contributed by atoms with E-state index in [1.165, 1.54) is 0 Å². The van der Waals surface area contributed by atoms with Crippen LogP contribution in [-0.2, 0) is 19.1 Å². The van der Waals surface area contributed by atoms with Crippen molar-refractivity contribution in [3.05, 3.63) is 24.3 Å². The second-order valence-electron chi connectivity index (χ2n) is 5.32. The number of carbonyl (C=O) groups excluding carboxylic acids is 2. The van der Waals surface area contributed by atoms with Crippen LogP contribution >= 0.6 is 0 Å². The molecule has 0 atom stereocenters. The fourth-order valence-corrected chi connectivity index (χ4v) is 1.72. The predicted molar refractivity (Wildman–Crippen MR) is 85.9 cm³/mol. The standard InChI is InChI=1S/C16H24N2O4/c1-12(2)10-15(19)17-13-4-6-14(7-5-13)18-16(20)11-22-9-8-21-3/h4-7,12H,8-11H2,1-3H3,(H,17,19)(H,18,20). The lowest BCUT2D eigenvalue weighted by Crippen LogP contribution is -2.19. The number of benzene rings is 1. The summed E-state index contributed by atoms with van der Waals surface area (Å²) in [7, 11) is 1.57. The number of amides is 2. The van der Waals surface area contributed by atoms with Gasteiger partial charge in [-0.15, -0.1) is 0 Å². The van der Waals surface area contributed by atoms with Crippen molar-refractivity contribution < 1.29 is 19.1 Å². The molecule has 2 amide bonds. The number of hydrogen-bond acceptors (Lipinski definition) is 4. The maximum atomic E-state index is 11.6. The van der Waals surface area contributed by atoms with Crippen molar-refractivity contribution in [2.75, 3.05) is 37.6 Å². The fraction of sp³-hybridized carbons (Fsp3) is 0.500. The van der Waals surface area contributed by atoms with Gasteiger partial charge in [-0.1, -0.05) is 13.8 Å². The van der Waals surface area contributed by atoms with E-state index in [1.807, 2.05) is 13.8 Å². The molecule has 0 bridgehead atoms. The minimum atomic E-state index is -0.229. The van der Waals surface area contributed by atoms with E-state index in [-0.39, 0.29) is 18.4 Å². The van der Waals surface area contributed by atoms with Crippen molar-refractivity contribution in [1.29, 1.82) is 0 Å². The molecule has 1 aromatic rings. The molecule has 6 nitrogen and oxygen atoms in total. The minimum Gasteiger partial charge on any atom is -0.382 e. The Morgan fingerprint density at radius 2 is 1.55 bits per heavy atom. The first kappa shape index (κ1) is 18.1. The average molecular weight is 308 g/mol. The largest absolute Gasteiger partial charge is 0.382 e. The molecule has 0 radical (unpaired) electrons. The summed E-state index contributed by atoms with van der Waals surface area (Å²) >= 11 is 0. The Morgan fingerprint density at radius 3 is 2.05 bits per heavy atom. The van der Waals surface area contributed by atoms with Gasteiger partial charge in [-0.2, -0.15) is 0 Å². The molecule has 0 aliphatic carbocycles. The maximum absolute atomic E-state index is 11.6. The summed E-state index contributed by atoms with van der Waals surface area (Å²) in [6.07, 6.45) is 0.483. The molecule has 0 aliphatic rings. The van der Waals surface area contributed by atoms with Gasteiger partial charge in [-0.3, -0.25) is 9.59 Å². The van der Waals surface area contributed by atoms with E-state index in [1.54, 1.807) is 31.4 Å². The van der Waals surface area contributed by atoms with Gasteiger partial charge in [0.2, 0.25) is 11.8 Å². The number of nitrogens with one attached hydrogen (secondary N) is 2. The predicted octanol–water partition coefficient (Wildman–Crippen LogP) is 2.27. The average Bonchev–Trinajstić information content (AvgIpc) is 2.45. The Labute approximate surface area is 131 Å². The van der Waals surface area contributed by atoms with Crippen LogP contribution in [0, 0.1) is 5.92 Å². The summed E-state index contributed by atoms with van der Waals surface area (Å²) in [5.41, 5.74) is 1.36. The van der Waals surface area contributed by atoms with Crippen molar-refractivity contribution in [2.45, 2.75) is 20.3 Å². The van der Waals surface area contributed by atoms with E-state index < -0.39 is 0 Å². The SMILES string of the molecule is COCCOCC(=O)Nc1ccc(NC(=O)CC(C)C)cc1. The topological polar surface area (TPSA) is 76.7 Å². The maximum Gasteiger partial charge on any atom is 0.250 e. The number of carbonyl (C=O) groups is 2. The van der Waals surface area contributed by atoms with Gasteiger partial charge in [0.1, 0.15) is 6.61 Å². The van der Waals surface area contributed by atoms with Gasteiger partial charge in [0.15, 0.2) is 0 Å². The van der Waals surface area contributed by atoms with Crippen molar-refractivity contribution in [2.24, 2.45) is 5.92 Å². The van der Waals surface area contributed by atoms with E-state index in [9.17, 15) is 9.59 Å². The molecule has 0 saturated heterocycles. The second-order valence-corrected chi connectivity index (χ2v) is 5.32. The van der Waals surface area contributed by atoms with Gasteiger partial charge >= 0.3 is 0 Å². The normalized spacial score (nSPS) is 10.5. The van der Waals surface area contributed by atoms with E-state index in [4.69, 9.17) is 9.47 Å². The number of rotatable bonds is 9. The van der Waals surface area contributed by atoms with Crippen LogP contribution in [0.15, 0.2) is 24.3 Å². The molecule has 1 rings (SSSR count). The number of anilines is 2. The lowest BCUT2D eigenvalue weighted by atomic mass is 10.1. The molecule has 22 heavy (non-hydrogen) atoms. The van der Waals surface area contributed by atoms with Crippen LogP contribution < -0.4 is 10.6 Å². The number of methoxy groups -OCH3 is 1. The molecule has 0 aliphatic heterocycles. The van der Waals surface area contributed by atoms with Crippen molar-refractivity contribution in [3.8, 4) is 0 Å². The summed E-state index contributed by atoms with van der Waals surface area (Å²) in [6.45, 7) is 4.80. The lowest BCUT2D eigenvalue weighted by molar-refractivity contribution is -0.121. The molecule has 6 heteroatoms. The third-order valence-corrected chi connectivity index (χ3v) is 2.71. The lowest BCUT2D eigenvalue weighted by Gasteiger charge is -2.09. The Bertz CT molecular complexity index is 472. The Balaban J connectivity index is 2.38. The van der Waals surface area contributed by atoms with Crippen LogP contribution in [0.25, 0.3) is 0 Å². The van der Waals surface area contributed by atoms with Crippen molar-refractivity contribution in [1.82, 2.24) is 0 Å². The molecule has 0 unspecified atom stereocenters. The van der Waals surface area contributed by atoms with Crippen LogP contribution in [0.3, 0.4) is 0 Å². The molecular weight excluding hydrogens is 284 g/mol. The quantitative estimate of drug-likeness (QED) is 0.686. The molecule has 2 N–H and O–H groups in total. The van der Waals surface area contributed by atoms with Crippen LogP contribution in [0.5, 0.6) is 0 Å². The first-order valence-electron chi connectivity index (χ1n) is 7.27. The number of ether oxygens (including phenoxy) is 2. The molecule has 0 spiro atoms. The molecule has 0 aromatic heterocycles. The molecule has 0 heterocycles. The van der Waals surface area contributed by atoms with Gasteiger partial charge in [-0.25, -0.2) is 0 Å². The molecular formula is C16H24N2O4. The van der Waals surface area contributed by atoms with Crippen LogP contribution in [-0.4, -0.2) is 38.7 Å². The van der Waals surface area contributed by atoms with Gasteiger partial charge in [0, 0.05) is 24.9 Å². The van der Waals surface area contributed by atoms with Crippen molar-refractivity contribution in [3.63, 3.8) is 0 Å². The molecule has 0 saturated carbocycles. The second kappa shape index (κ2) is 9.92. The van der Waals surface area contributed by atoms with Crippen molar-refractivity contribution >= 4 is 23.2 Å². The minimum absolute atomic E-state index is 0.0154. The Hall–Kier alpha value is -1.92. The number of hydrogen-bond donors (Lipinski definition) is 2. The molecule has 1 aromatic carbocycles.